The van der Waals surface area contributed by atoms with Gasteiger partial charge in [-0.3, -0.25) is 0 Å². The van der Waals surface area contributed by atoms with Gasteiger partial charge in [-0.2, -0.15) is 13.2 Å². The Morgan fingerprint density at radius 1 is 1.29 bits per heavy atom. The van der Waals surface area contributed by atoms with E-state index in [1.807, 2.05) is 0 Å². The topological polar surface area (TPSA) is 60.2 Å². The summed E-state index contributed by atoms with van der Waals surface area (Å²) in [5, 5.41) is -0.00177. The highest BCUT2D eigenvalue weighted by Gasteiger charge is 2.30. The Morgan fingerprint density at radius 3 is 2.35 bits per heavy atom. The van der Waals surface area contributed by atoms with Crippen molar-refractivity contribution in [3.8, 4) is 0 Å². The van der Waals surface area contributed by atoms with E-state index in [2.05, 4.69) is 0 Å². The van der Waals surface area contributed by atoms with Crippen molar-refractivity contribution in [1.29, 1.82) is 0 Å². The summed E-state index contributed by atoms with van der Waals surface area (Å²) in [5.74, 6) is -1.00. The number of benzene rings is 1. The van der Waals surface area contributed by atoms with Crippen LogP contribution in [0.15, 0.2) is 23.1 Å². The fourth-order valence-corrected chi connectivity index (χ4v) is 2.62. The Bertz CT molecular complexity index is 513. The zero-order chi connectivity index (χ0) is 13.3. The van der Waals surface area contributed by atoms with Crippen LogP contribution in [-0.2, 0) is 9.84 Å². The summed E-state index contributed by atoms with van der Waals surface area (Å²) >= 11 is 5.60. The third kappa shape index (κ3) is 4.08. The van der Waals surface area contributed by atoms with Gasteiger partial charge in [-0.25, -0.2) is 8.42 Å². The second-order valence-electron chi connectivity index (χ2n) is 3.37. The van der Waals surface area contributed by atoms with Crippen LogP contribution < -0.4 is 5.73 Å². The molecule has 0 atom stereocenters. The van der Waals surface area contributed by atoms with Crippen molar-refractivity contribution in [2.75, 3.05) is 11.5 Å². The van der Waals surface area contributed by atoms with Crippen LogP contribution in [-0.4, -0.2) is 20.3 Å². The van der Waals surface area contributed by atoms with Gasteiger partial charge in [0.2, 0.25) is 0 Å². The minimum Gasteiger partial charge on any atom is -0.398 e. The molecule has 1 rings (SSSR count). The summed E-state index contributed by atoms with van der Waals surface area (Å²) in [7, 11) is -3.99. The van der Waals surface area contributed by atoms with E-state index in [-0.39, 0.29) is 15.6 Å². The van der Waals surface area contributed by atoms with Crippen LogP contribution in [0.25, 0.3) is 0 Å². The molecule has 3 nitrogen and oxygen atoms in total. The van der Waals surface area contributed by atoms with Crippen molar-refractivity contribution >= 4 is 27.1 Å². The summed E-state index contributed by atoms with van der Waals surface area (Å²) in [6, 6.07) is 3.42. The maximum atomic E-state index is 11.9. The monoisotopic (exact) mass is 287 g/mol. The van der Waals surface area contributed by atoms with Crippen molar-refractivity contribution in [1.82, 2.24) is 0 Å². The lowest BCUT2D eigenvalue weighted by molar-refractivity contribution is -0.129. The molecule has 1 aromatic carbocycles. The summed E-state index contributed by atoms with van der Waals surface area (Å²) in [5.41, 5.74) is 5.54. The molecule has 17 heavy (non-hydrogen) atoms. The molecule has 0 aliphatic heterocycles. The fraction of sp³-hybridized carbons (Fsp3) is 0.333. The SMILES string of the molecule is Nc1ccc(S(=O)(=O)CCC(F)(F)F)cc1Cl. The van der Waals surface area contributed by atoms with Gasteiger partial charge in [0.05, 0.1) is 27.8 Å². The largest absolute Gasteiger partial charge is 0.398 e. The van der Waals surface area contributed by atoms with Crippen LogP contribution in [0.4, 0.5) is 18.9 Å². The quantitative estimate of drug-likeness (QED) is 0.870. The van der Waals surface area contributed by atoms with Crippen LogP contribution in [0.3, 0.4) is 0 Å². The number of rotatable bonds is 3. The molecule has 8 heteroatoms. The molecule has 0 aromatic heterocycles. The van der Waals surface area contributed by atoms with E-state index in [1.54, 1.807) is 0 Å². The van der Waals surface area contributed by atoms with Crippen molar-refractivity contribution in [3.05, 3.63) is 23.2 Å². The predicted octanol–water partition coefficient (Wildman–Crippen LogP) is 2.65. The van der Waals surface area contributed by atoms with E-state index in [4.69, 9.17) is 17.3 Å². The van der Waals surface area contributed by atoms with Crippen LogP contribution in [0, 0.1) is 0 Å². The second-order valence-corrected chi connectivity index (χ2v) is 5.88. The summed E-state index contributed by atoms with van der Waals surface area (Å²) in [4.78, 5) is -0.263. The molecule has 0 aliphatic rings. The molecule has 0 bridgehead atoms. The first-order chi connectivity index (χ1) is 7.62. The lowest BCUT2D eigenvalue weighted by atomic mass is 10.3. The summed E-state index contributed by atoms with van der Waals surface area (Å²) < 4.78 is 58.9. The van der Waals surface area contributed by atoms with Gasteiger partial charge in [-0.05, 0) is 18.2 Å². The van der Waals surface area contributed by atoms with Crippen LogP contribution >= 0.6 is 11.6 Å². The van der Waals surface area contributed by atoms with Gasteiger partial charge < -0.3 is 5.73 Å². The molecule has 0 saturated heterocycles. The van der Waals surface area contributed by atoms with Gasteiger partial charge in [-0.15, -0.1) is 0 Å². The highest BCUT2D eigenvalue weighted by molar-refractivity contribution is 7.91. The van der Waals surface area contributed by atoms with Gasteiger partial charge in [0.15, 0.2) is 9.84 Å². The minimum absolute atomic E-state index is 0.00177. The molecule has 0 unspecified atom stereocenters. The number of alkyl halides is 3. The van der Waals surface area contributed by atoms with E-state index in [1.165, 1.54) is 6.07 Å². The number of hydrogen-bond donors (Lipinski definition) is 1. The zero-order valence-electron chi connectivity index (χ0n) is 8.46. The van der Waals surface area contributed by atoms with E-state index in [0.717, 1.165) is 12.1 Å². The maximum absolute atomic E-state index is 11.9. The van der Waals surface area contributed by atoms with Gasteiger partial charge in [0.25, 0.3) is 0 Å². The van der Waals surface area contributed by atoms with Crippen LogP contribution in [0.2, 0.25) is 5.02 Å². The molecular weight excluding hydrogens is 279 g/mol. The summed E-state index contributed by atoms with van der Waals surface area (Å²) in [6.45, 7) is 0. The van der Waals surface area contributed by atoms with Gasteiger partial charge in [-0.1, -0.05) is 11.6 Å². The number of halogens is 4. The Labute approximate surface area is 101 Å². The first-order valence-corrected chi connectivity index (χ1v) is 6.49. The molecule has 0 saturated carbocycles. The number of sulfone groups is 1. The van der Waals surface area contributed by atoms with Gasteiger partial charge in [0, 0.05) is 0 Å². The highest BCUT2D eigenvalue weighted by Crippen LogP contribution is 2.26. The lowest BCUT2D eigenvalue weighted by Crippen LogP contribution is -2.16. The highest BCUT2D eigenvalue weighted by atomic mass is 35.5. The van der Waals surface area contributed by atoms with Crippen molar-refractivity contribution < 1.29 is 21.6 Å². The minimum atomic E-state index is -4.51. The Kier molecular flexibility index (Phi) is 3.93. The normalized spacial score (nSPS) is 12.7. The first-order valence-electron chi connectivity index (χ1n) is 4.46. The Morgan fingerprint density at radius 2 is 1.88 bits per heavy atom. The van der Waals surface area contributed by atoms with Crippen LogP contribution in [0.5, 0.6) is 0 Å². The van der Waals surface area contributed by atoms with E-state index >= 15 is 0 Å². The molecule has 0 spiro atoms. The molecule has 0 radical (unpaired) electrons. The van der Waals surface area contributed by atoms with E-state index in [0.29, 0.717) is 0 Å². The Hall–Kier alpha value is -0.950. The summed E-state index contributed by atoms with van der Waals surface area (Å²) in [6.07, 6.45) is -5.90. The molecule has 2 N–H and O–H groups in total. The fourth-order valence-electron chi connectivity index (χ4n) is 1.07. The average molecular weight is 288 g/mol. The number of nitrogens with two attached hydrogens (primary N) is 1. The average Bonchev–Trinajstić information content (AvgIpc) is 2.18. The number of anilines is 1. The molecule has 1 aromatic rings. The van der Waals surface area contributed by atoms with Crippen molar-refractivity contribution in [2.24, 2.45) is 0 Å². The second kappa shape index (κ2) is 4.73. The van der Waals surface area contributed by atoms with E-state index < -0.39 is 28.2 Å². The molecular formula is C9H9ClF3NO2S. The molecule has 0 fully saturated rings. The molecule has 0 heterocycles. The molecule has 0 amide bonds. The smallest absolute Gasteiger partial charge is 0.390 e. The maximum Gasteiger partial charge on any atom is 0.390 e. The molecule has 96 valence electrons. The zero-order valence-corrected chi connectivity index (χ0v) is 10.0. The van der Waals surface area contributed by atoms with Crippen molar-refractivity contribution in [2.45, 2.75) is 17.5 Å². The number of nitrogen functional groups attached to an aromatic ring is 1. The third-order valence-corrected chi connectivity index (χ3v) is 4.03. The van der Waals surface area contributed by atoms with Crippen LogP contribution in [0.1, 0.15) is 6.42 Å². The first kappa shape index (κ1) is 14.1. The van der Waals surface area contributed by atoms with E-state index in [9.17, 15) is 21.6 Å². The number of hydrogen-bond acceptors (Lipinski definition) is 3. The van der Waals surface area contributed by atoms with Gasteiger partial charge in [0.1, 0.15) is 0 Å². The predicted molar refractivity (Wildman–Crippen MR) is 58.6 cm³/mol. The Balaban J connectivity index is 2.94. The van der Waals surface area contributed by atoms with Gasteiger partial charge >= 0.3 is 6.18 Å². The molecule has 0 aliphatic carbocycles. The lowest BCUT2D eigenvalue weighted by Gasteiger charge is -2.08. The van der Waals surface area contributed by atoms with Crippen molar-refractivity contribution in [3.63, 3.8) is 0 Å². The standard InChI is InChI=1S/C9H9ClF3NO2S/c10-7-5-6(1-2-8(7)14)17(15,16)4-3-9(11,12)13/h1-2,5H,3-4,14H2. The third-order valence-electron chi connectivity index (χ3n) is 1.99.